The summed E-state index contributed by atoms with van der Waals surface area (Å²) >= 11 is 0. The van der Waals surface area contributed by atoms with E-state index in [4.69, 9.17) is 0 Å². The fraction of sp³-hybridized carbons (Fsp3) is 0.273. The second-order valence-corrected chi connectivity index (χ2v) is 6.95. The van der Waals surface area contributed by atoms with Gasteiger partial charge in [0.2, 0.25) is 5.95 Å². The minimum Gasteiger partial charge on any atom is -0.341 e. The summed E-state index contributed by atoms with van der Waals surface area (Å²) in [6.07, 6.45) is -1.30. The van der Waals surface area contributed by atoms with Gasteiger partial charge in [0.1, 0.15) is 0 Å². The Morgan fingerprint density at radius 1 is 0.857 bits per heavy atom. The standard InChI is InChI=1S/C22H20F3N3/c23-22(24,25)19-9-5-4-8-18(19)16-11-14-28(15-12-16)21-26-13-10-20(27-21)17-6-2-1-3-7-17/h1-10,13,16H,11-12,14-15H2. The molecule has 0 bridgehead atoms. The molecule has 6 heteroatoms. The molecule has 2 aromatic carbocycles. The predicted molar refractivity (Wildman–Crippen MR) is 103 cm³/mol. The average Bonchev–Trinajstić information content (AvgIpc) is 2.74. The molecule has 0 N–H and O–H groups in total. The van der Waals surface area contributed by atoms with Crippen molar-refractivity contribution in [2.75, 3.05) is 18.0 Å². The second-order valence-electron chi connectivity index (χ2n) is 6.95. The van der Waals surface area contributed by atoms with Crippen molar-refractivity contribution in [2.45, 2.75) is 24.9 Å². The van der Waals surface area contributed by atoms with Crippen molar-refractivity contribution in [1.82, 2.24) is 9.97 Å². The maximum absolute atomic E-state index is 13.3. The molecule has 2 heterocycles. The van der Waals surface area contributed by atoms with Crippen LogP contribution in [-0.4, -0.2) is 23.1 Å². The number of alkyl halides is 3. The van der Waals surface area contributed by atoms with Gasteiger partial charge in [0.05, 0.1) is 11.3 Å². The van der Waals surface area contributed by atoms with Crippen LogP contribution in [0.2, 0.25) is 0 Å². The largest absolute Gasteiger partial charge is 0.416 e. The molecule has 0 saturated carbocycles. The van der Waals surface area contributed by atoms with Gasteiger partial charge in [-0.25, -0.2) is 9.97 Å². The molecule has 0 amide bonds. The molecule has 4 rings (SSSR count). The summed E-state index contributed by atoms with van der Waals surface area (Å²) in [5.41, 5.74) is 1.74. The molecular weight excluding hydrogens is 363 g/mol. The van der Waals surface area contributed by atoms with E-state index >= 15 is 0 Å². The van der Waals surface area contributed by atoms with Crippen molar-refractivity contribution in [3.05, 3.63) is 78.0 Å². The van der Waals surface area contributed by atoms with Crippen molar-refractivity contribution in [1.29, 1.82) is 0 Å². The number of piperidine rings is 1. The summed E-state index contributed by atoms with van der Waals surface area (Å²) in [5.74, 6) is 0.523. The van der Waals surface area contributed by atoms with Crippen LogP contribution in [-0.2, 0) is 6.18 Å². The van der Waals surface area contributed by atoms with Gasteiger partial charge in [-0.2, -0.15) is 13.2 Å². The fourth-order valence-corrected chi connectivity index (χ4v) is 3.77. The van der Waals surface area contributed by atoms with Gasteiger partial charge in [0.25, 0.3) is 0 Å². The van der Waals surface area contributed by atoms with Gasteiger partial charge in [-0.15, -0.1) is 0 Å². The van der Waals surface area contributed by atoms with E-state index < -0.39 is 11.7 Å². The number of aromatic nitrogens is 2. The van der Waals surface area contributed by atoms with Crippen LogP contribution in [0.25, 0.3) is 11.3 Å². The van der Waals surface area contributed by atoms with Crippen molar-refractivity contribution in [3.8, 4) is 11.3 Å². The quantitative estimate of drug-likeness (QED) is 0.594. The number of rotatable bonds is 3. The lowest BCUT2D eigenvalue weighted by atomic mass is 9.86. The summed E-state index contributed by atoms with van der Waals surface area (Å²) in [6, 6.07) is 17.6. The van der Waals surface area contributed by atoms with Gasteiger partial charge >= 0.3 is 6.18 Å². The Hall–Kier alpha value is -2.89. The summed E-state index contributed by atoms with van der Waals surface area (Å²) in [6.45, 7) is 1.27. The highest BCUT2D eigenvalue weighted by Crippen LogP contribution is 2.39. The number of benzene rings is 2. The SMILES string of the molecule is FC(F)(F)c1ccccc1C1CCN(c2nccc(-c3ccccc3)n2)CC1. The smallest absolute Gasteiger partial charge is 0.341 e. The number of halogens is 3. The molecular formula is C22H20F3N3. The molecule has 1 saturated heterocycles. The Morgan fingerprint density at radius 3 is 2.25 bits per heavy atom. The van der Waals surface area contributed by atoms with Crippen LogP contribution >= 0.6 is 0 Å². The minimum atomic E-state index is -4.32. The van der Waals surface area contributed by atoms with Gasteiger partial charge in [0.15, 0.2) is 0 Å². The van der Waals surface area contributed by atoms with E-state index in [1.165, 1.54) is 12.1 Å². The first kappa shape index (κ1) is 18.5. The van der Waals surface area contributed by atoms with Crippen LogP contribution in [0.4, 0.5) is 19.1 Å². The zero-order valence-corrected chi connectivity index (χ0v) is 15.2. The van der Waals surface area contributed by atoms with E-state index in [-0.39, 0.29) is 5.92 Å². The number of hydrogen-bond acceptors (Lipinski definition) is 3. The molecule has 0 aliphatic carbocycles. The highest BCUT2D eigenvalue weighted by atomic mass is 19.4. The topological polar surface area (TPSA) is 29.0 Å². The summed E-state index contributed by atoms with van der Waals surface area (Å²) in [7, 11) is 0. The Kier molecular flexibility index (Phi) is 5.03. The van der Waals surface area contributed by atoms with Gasteiger partial charge < -0.3 is 4.90 Å². The molecule has 1 fully saturated rings. The second kappa shape index (κ2) is 7.62. The van der Waals surface area contributed by atoms with Crippen LogP contribution in [0.15, 0.2) is 66.9 Å². The van der Waals surface area contributed by atoms with Crippen molar-refractivity contribution in [3.63, 3.8) is 0 Å². The lowest BCUT2D eigenvalue weighted by Crippen LogP contribution is -2.34. The molecule has 0 radical (unpaired) electrons. The molecule has 1 aliphatic heterocycles. The van der Waals surface area contributed by atoms with Crippen molar-refractivity contribution >= 4 is 5.95 Å². The third kappa shape index (κ3) is 3.86. The molecule has 144 valence electrons. The first-order valence-corrected chi connectivity index (χ1v) is 9.32. The van der Waals surface area contributed by atoms with E-state index in [1.807, 2.05) is 36.4 Å². The van der Waals surface area contributed by atoms with Crippen LogP contribution in [0.1, 0.15) is 29.9 Å². The maximum atomic E-state index is 13.3. The van der Waals surface area contributed by atoms with Crippen LogP contribution < -0.4 is 4.90 Å². The first-order chi connectivity index (χ1) is 13.5. The van der Waals surface area contributed by atoms with E-state index in [9.17, 15) is 13.2 Å². The lowest BCUT2D eigenvalue weighted by Gasteiger charge is -2.33. The van der Waals surface area contributed by atoms with Gasteiger partial charge in [-0.3, -0.25) is 0 Å². The molecule has 0 unspecified atom stereocenters. The zero-order chi connectivity index (χ0) is 19.6. The Bertz CT molecular complexity index is 933. The van der Waals surface area contributed by atoms with E-state index in [0.29, 0.717) is 37.4 Å². The molecule has 0 atom stereocenters. The van der Waals surface area contributed by atoms with Crippen LogP contribution in [0.5, 0.6) is 0 Å². The Morgan fingerprint density at radius 2 is 1.54 bits per heavy atom. The number of nitrogens with zero attached hydrogens (tertiary/aromatic N) is 3. The van der Waals surface area contributed by atoms with Gasteiger partial charge in [0, 0.05) is 24.8 Å². The van der Waals surface area contributed by atoms with Gasteiger partial charge in [-0.05, 0) is 36.5 Å². The van der Waals surface area contributed by atoms with Crippen molar-refractivity contribution < 1.29 is 13.2 Å². The lowest BCUT2D eigenvalue weighted by molar-refractivity contribution is -0.138. The first-order valence-electron chi connectivity index (χ1n) is 9.32. The summed E-state index contributed by atoms with van der Waals surface area (Å²) < 4.78 is 40.0. The van der Waals surface area contributed by atoms with E-state index in [1.54, 1.807) is 18.3 Å². The molecule has 3 nitrogen and oxygen atoms in total. The maximum Gasteiger partial charge on any atom is 0.416 e. The highest BCUT2D eigenvalue weighted by molar-refractivity contribution is 5.59. The fourth-order valence-electron chi connectivity index (χ4n) is 3.77. The highest BCUT2D eigenvalue weighted by Gasteiger charge is 2.35. The molecule has 1 aromatic heterocycles. The number of anilines is 1. The van der Waals surface area contributed by atoms with Gasteiger partial charge in [-0.1, -0.05) is 48.5 Å². The average molecular weight is 383 g/mol. The molecule has 0 spiro atoms. The Labute approximate surface area is 161 Å². The monoisotopic (exact) mass is 383 g/mol. The van der Waals surface area contributed by atoms with E-state index in [2.05, 4.69) is 14.9 Å². The number of hydrogen-bond donors (Lipinski definition) is 0. The predicted octanol–water partition coefficient (Wildman–Crippen LogP) is 5.55. The van der Waals surface area contributed by atoms with Crippen molar-refractivity contribution in [2.24, 2.45) is 0 Å². The summed E-state index contributed by atoms with van der Waals surface area (Å²) in [4.78, 5) is 11.1. The minimum absolute atomic E-state index is 0.105. The third-order valence-electron chi connectivity index (χ3n) is 5.20. The zero-order valence-electron chi connectivity index (χ0n) is 15.2. The van der Waals surface area contributed by atoms with Crippen LogP contribution in [0, 0.1) is 0 Å². The van der Waals surface area contributed by atoms with Crippen LogP contribution in [0.3, 0.4) is 0 Å². The Balaban J connectivity index is 1.50. The molecule has 28 heavy (non-hydrogen) atoms. The molecule has 3 aromatic rings. The summed E-state index contributed by atoms with van der Waals surface area (Å²) in [5, 5.41) is 0. The normalized spacial score (nSPS) is 15.6. The third-order valence-corrected chi connectivity index (χ3v) is 5.20. The molecule has 1 aliphatic rings. The van der Waals surface area contributed by atoms with E-state index in [0.717, 1.165) is 11.3 Å².